The van der Waals surface area contributed by atoms with Crippen molar-refractivity contribution in [1.82, 2.24) is 9.55 Å². The van der Waals surface area contributed by atoms with Gasteiger partial charge >= 0.3 is 198 Å². The second kappa shape index (κ2) is 9.72. The molecular formula is C27H27N2O2Se. The van der Waals surface area contributed by atoms with E-state index in [1.807, 2.05) is 42.6 Å². The Morgan fingerprint density at radius 2 is 1.78 bits per heavy atom. The molecule has 1 radical (unpaired) electrons. The van der Waals surface area contributed by atoms with Crippen molar-refractivity contribution in [3.63, 3.8) is 0 Å². The summed E-state index contributed by atoms with van der Waals surface area (Å²) in [6, 6.07) is 22.5. The van der Waals surface area contributed by atoms with Gasteiger partial charge in [0.2, 0.25) is 0 Å². The van der Waals surface area contributed by atoms with Crippen LogP contribution in [0.4, 0.5) is 0 Å². The number of methoxy groups -OCH3 is 1. The van der Waals surface area contributed by atoms with Crippen LogP contribution in [0.3, 0.4) is 0 Å². The summed E-state index contributed by atoms with van der Waals surface area (Å²) in [7, 11) is 1.45. The Bertz CT molecular complexity index is 1200. The van der Waals surface area contributed by atoms with E-state index in [0.29, 0.717) is 6.42 Å². The van der Waals surface area contributed by atoms with Crippen LogP contribution in [0.5, 0.6) is 0 Å². The van der Waals surface area contributed by atoms with Crippen LogP contribution in [0.25, 0.3) is 22.2 Å². The van der Waals surface area contributed by atoms with E-state index < -0.39 is 4.31 Å². The number of hydrogen-bond acceptors (Lipinski definition) is 3. The van der Waals surface area contributed by atoms with Crippen LogP contribution < -0.4 is 0 Å². The number of unbranched alkanes of at least 4 members (excludes halogenated alkanes) is 1. The molecule has 0 saturated carbocycles. The predicted molar refractivity (Wildman–Crippen MR) is 130 cm³/mol. The van der Waals surface area contributed by atoms with Crippen LogP contribution >= 0.6 is 0 Å². The number of carbonyl (C=O) groups is 1. The number of aromatic nitrogens is 2. The van der Waals surface area contributed by atoms with Gasteiger partial charge in [0.25, 0.3) is 0 Å². The van der Waals surface area contributed by atoms with Crippen molar-refractivity contribution in [1.29, 1.82) is 0 Å². The minimum atomic E-state index is -0.767. The number of benzene rings is 2. The van der Waals surface area contributed by atoms with Crippen LogP contribution in [0.15, 0.2) is 79.1 Å². The topological polar surface area (TPSA) is 44.1 Å². The van der Waals surface area contributed by atoms with Crippen molar-refractivity contribution < 1.29 is 9.53 Å². The first-order valence-corrected chi connectivity index (χ1v) is 11.7. The zero-order valence-electron chi connectivity index (χ0n) is 18.5. The molecule has 163 valence electrons. The fraction of sp³-hybridized carbons (Fsp3) is 0.259. The molecular weight excluding hydrogens is 463 g/mol. The van der Waals surface area contributed by atoms with Gasteiger partial charge in [0.05, 0.1) is 0 Å². The Morgan fingerprint density at radius 3 is 2.50 bits per heavy atom. The third kappa shape index (κ3) is 4.23. The monoisotopic (exact) mass is 491 g/mol. The van der Waals surface area contributed by atoms with Crippen molar-refractivity contribution >= 4 is 32.9 Å². The number of ether oxygens (including phenoxy) is 1. The molecule has 2 aromatic carbocycles. The molecule has 0 aliphatic rings. The molecule has 32 heavy (non-hydrogen) atoms. The first kappa shape index (κ1) is 22.3. The van der Waals surface area contributed by atoms with E-state index in [9.17, 15) is 4.79 Å². The van der Waals surface area contributed by atoms with Crippen LogP contribution in [-0.2, 0) is 20.4 Å². The Labute approximate surface area is 197 Å². The van der Waals surface area contributed by atoms with Gasteiger partial charge in [0.1, 0.15) is 0 Å². The summed E-state index contributed by atoms with van der Waals surface area (Å²) in [6.07, 6.45) is 6.24. The summed E-state index contributed by atoms with van der Waals surface area (Å²) in [6.45, 7) is 3.05. The molecule has 2 heterocycles. The summed E-state index contributed by atoms with van der Waals surface area (Å²) >= 11 is 3.14. The van der Waals surface area contributed by atoms with Gasteiger partial charge in [-0.25, -0.2) is 0 Å². The quantitative estimate of drug-likeness (QED) is 0.188. The normalized spacial score (nSPS) is 13.1. The number of nitrogens with zero attached hydrogens (tertiary/aromatic N) is 2. The number of rotatable bonds is 8. The zero-order chi connectivity index (χ0) is 22.6. The van der Waals surface area contributed by atoms with Gasteiger partial charge < -0.3 is 0 Å². The Hall–Kier alpha value is -2.88. The van der Waals surface area contributed by atoms with Gasteiger partial charge in [-0.2, -0.15) is 0 Å². The SMILES string of the molecule is COC(=O)C([Se])(CCCCn1c(-c2cccnc2)c(C)c2ccccc21)c1ccccc1. The summed E-state index contributed by atoms with van der Waals surface area (Å²) < 4.78 is 6.77. The summed E-state index contributed by atoms with van der Waals surface area (Å²) in [5.41, 5.74) is 5.79. The minimum absolute atomic E-state index is 0.234. The number of esters is 1. The molecule has 0 bridgehead atoms. The van der Waals surface area contributed by atoms with Crippen molar-refractivity contribution in [2.75, 3.05) is 7.11 Å². The second-order valence-electron chi connectivity index (χ2n) is 8.03. The maximum absolute atomic E-state index is 12.7. The average Bonchev–Trinajstić information content (AvgIpc) is 3.13. The van der Waals surface area contributed by atoms with Crippen molar-refractivity contribution in [2.45, 2.75) is 37.0 Å². The van der Waals surface area contributed by atoms with E-state index in [1.54, 1.807) is 6.20 Å². The number of aryl methyl sites for hydroxylation is 2. The Morgan fingerprint density at radius 1 is 1.03 bits per heavy atom. The number of fused-ring (bicyclic) bond motifs is 1. The summed E-state index contributed by atoms with van der Waals surface area (Å²) in [5, 5.41) is 1.27. The molecule has 0 aliphatic heterocycles. The van der Waals surface area contributed by atoms with Gasteiger partial charge in [-0.05, 0) is 0 Å². The third-order valence-electron chi connectivity index (χ3n) is 6.07. The number of para-hydroxylation sites is 1. The van der Waals surface area contributed by atoms with Crippen LogP contribution in [0, 0.1) is 6.92 Å². The number of pyridine rings is 1. The van der Waals surface area contributed by atoms with E-state index >= 15 is 0 Å². The average molecular weight is 490 g/mol. The van der Waals surface area contributed by atoms with E-state index in [4.69, 9.17) is 4.74 Å². The van der Waals surface area contributed by atoms with Gasteiger partial charge in [0, 0.05) is 0 Å². The molecule has 0 fully saturated rings. The van der Waals surface area contributed by atoms with E-state index in [2.05, 4.69) is 62.8 Å². The maximum atomic E-state index is 12.7. The molecule has 1 unspecified atom stereocenters. The number of carbonyl (C=O) groups excluding carboxylic acids is 1. The standard InChI is InChI=1S/C27H27N2O2Se/c1-20-23-14-6-7-15-24(23)29(25(20)21-11-10-17-28-19-21)18-9-8-16-27(32,26(30)31-2)22-12-4-3-5-13-22/h3-7,10-15,17,19H,8-9,16,18H2,1-2H3. The van der Waals surface area contributed by atoms with Gasteiger partial charge in [-0.15, -0.1) is 0 Å². The molecule has 5 heteroatoms. The van der Waals surface area contributed by atoms with Gasteiger partial charge in [-0.3, -0.25) is 0 Å². The Kier molecular flexibility index (Phi) is 6.78. The molecule has 4 rings (SSSR count). The first-order valence-electron chi connectivity index (χ1n) is 10.9. The van der Waals surface area contributed by atoms with Crippen molar-refractivity contribution in [3.8, 4) is 11.3 Å². The van der Waals surface area contributed by atoms with E-state index in [0.717, 1.165) is 30.5 Å². The molecule has 2 aromatic heterocycles. The molecule has 4 nitrogen and oxygen atoms in total. The van der Waals surface area contributed by atoms with Gasteiger partial charge in [-0.1, -0.05) is 0 Å². The molecule has 4 aromatic rings. The third-order valence-corrected chi connectivity index (χ3v) is 7.35. The van der Waals surface area contributed by atoms with Crippen molar-refractivity contribution in [2.24, 2.45) is 0 Å². The van der Waals surface area contributed by atoms with E-state index in [1.165, 1.54) is 29.3 Å². The van der Waals surface area contributed by atoms with Crippen LogP contribution in [-0.4, -0.2) is 38.6 Å². The number of hydrogen-bond donors (Lipinski definition) is 0. The predicted octanol–water partition coefficient (Wildman–Crippen LogP) is 5.42. The second-order valence-corrected chi connectivity index (χ2v) is 9.49. The molecule has 0 N–H and O–H groups in total. The molecule has 0 saturated heterocycles. The Balaban J connectivity index is 1.58. The molecule has 1 atom stereocenters. The summed E-state index contributed by atoms with van der Waals surface area (Å²) in [4.78, 5) is 17.0. The van der Waals surface area contributed by atoms with Crippen LogP contribution in [0.2, 0.25) is 0 Å². The zero-order valence-corrected chi connectivity index (χ0v) is 20.2. The van der Waals surface area contributed by atoms with Gasteiger partial charge in [0.15, 0.2) is 0 Å². The van der Waals surface area contributed by atoms with E-state index in [-0.39, 0.29) is 5.97 Å². The van der Waals surface area contributed by atoms with Crippen LogP contribution in [0.1, 0.15) is 30.4 Å². The molecule has 0 amide bonds. The first-order chi connectivity index (χ1) is 15.6. The summed E-state index contributed by atoms with van der Waals surface area (Å²) in [5.74, 6) is -0.234. The molecule has 0 aliphatic carbocycles. The fourth-order valence-electron chi connectivity index (χ4n) is 4.46. The fourth-order valence-corrected chi connectivity index (χ4v) is 5.23. The van der Waals surface area contributed by atoms with Crippen molar-refractivity contribution in [3.05, 3.63) is 90.3 Å². The molecule has 0 spiro atoms.